The van der Waals surface area contributed by atoms with Gasteiger partial charge in [0.15, 0.2) is 28.5 Å². The first kappa shape index (κ1) is 21.0. The summed E-state index contributed by atoms with van der Waals surface area (Å²) >= 11 is 0. The van der Waals surface area contributed by atoms with E-state index in [9.17, 15) is 19.2 Å². The molecule has 2 fully saturated rings. The SMILES string of the molecule is CCCCCCC1C(=O)C(CC)(CC)C(=O)C12C(=O)C(CC)(CC)C2=O. The van der Waals surface area contributed by atoms with Crippen molar-refractivity contribution in [3.8, 4) is 0 Å². The minimum atomic E-state index is -1.67. The van der Waals surface area contributed by atoms with Crippen LogP contribution >= 0.6 is 0 Å². The first-order valence-electron chi connectivity index (χ1n) is 10.5. The van der Waals surface area contributed by atoms with Crippen LogP contribution in [0.1, 0.15) is 92.4 Å². The molecule has 0 aliphatic heterocycles. The summed E-state index contributed by atoms with van der Waals surface area (Å²) in [6, 6.07) is 0. The fourth-order valence-corrected chi connectivity index (χ4v) is 5.53. The molecule has 1 unspecified atom stereocenters. The van der Waals surface area contributed by atoms with E-state index in [0.29, 0.717) is 32.1 Å². The molecule has 0 N–H and O–H groups in total. The molecule has 0 aromatic carbocycles. The number of ketones is 4. The van der Waals surface area contributed by atoms with Gasteiger partial charge in [-0.2, -0.15) is 0 Å². The van der Waals surface area contributed by atoms with Crippen molar-refractivity contribution in [3.05, 3.63) is 0 Å². The number of hydrogen-bond donors (Lipinski definition) is 0. The fourth-order valence-electron chi connectivity index (χ4n) is 5.53. The van der Waals surface area contributed by atoms with Crippen molar-refractivity contribution < 1.29 is 19.2 Å². The normalized spacial score (nSPS) is 25.8. The van der Waals surface area contributed by atoms with Crippen molar-refractivity contribution in [1.29, 1.82) is 0 Å². The molecule has 1 spiro atoms. The summed E-state index contributed by atoms with van der Waals surface area (Å²) in [6.07, 6.45) is 5.94. The molecule has 0 aromatic heterocycles. The van der Waals surface area contributed by atoms with Crippen molar-refractivity contribution in [1.82, 2.24) is 0 Å². The maximum absolute atomic E-state index is 13.5. The van der Waals surface area contributed by atoms with E-state index in [2.05, 4.69) is 6.92 Å². The molecule has 2 saturated carbocycles. The van der Waals surface area contributed by atoms with Crippen molar-refractivity contribution in [2.75, 3.05) is 0 Å². The molecule has 146 valence electrons. The van der Waals surface area contributed by atoms with Gasteiger partial charge in [-0.05, 0) is 32.1 Å². The average Bonchev–Trinajstić information content (AvgIpc) is 2.85. The van der Waals surface area contributed by atoms with Crippen LogP contribution in [0.25, 0.3) is 0 Å². The van der Waals surface area contributed by atoms with Crippen LogP contribution in [0.3, 0.4) is 0 Å². The highest BCUT2D eigenvalue weighted by molar-refractivity contribution is 6.47. The van der Waals surface area contributed by atoms with Gasteiger partial charge in [0.1, 0.15) is 0 Å². The third-order valence-corrected chi connectivity index (χ3v) is 7.45. The lowest BCUT2D eigenvalue weighted by atomic mass is 9.44. The first-order chi connectivity index (χ1) is 12.3. The maximum atomic E-state index is 13.5. The molecule has 0 amide bonds. The first-order valence-corrected chi connectivity index (χ1v) is 10.5. The Morgan fingerprint density at radius 2 is 1.12 bits per heavy atom. The predicted molar refractivity (Wildman–Crippen MR) is 101 cm³/mol. The van der Waals surface area contributed by atoms with Gasteiger partial charge in [-0.25, -0.2) is 0 Å². The number of rotatable bonds is 9. The van der Waals surface area contributed by atoms with E-state index in [1.165, 1.54) is 0 Å². The molecule has 0 aromatic rings. The molecule has 0 heterocycles. The number of carbonyl (C=O) groups is 4. The van der Waals surface area contributed by atoms with Gasteiger partial charge in [0.2, 0.25) is 0 Å². The lowest BCUT2D eigenvalue weighted by Crippen LogP contribution is -2.71. The zero-order valence-corrected chi connectivity index (χ0v) is 17.1. The monoisotopic (exact) mass is 362 g/mol. The highest BCUT2D eigenvalue weighted by Crippen LogP contribution is 2.64. The molecule has 4 nitrogen and oxygen atoms in total. The molecular weight excluding hydrogens is 328 g/mol. The van der Waals surface area contributed by atoms with Crippen molar-refractivity contribution in [3.63, 3.8) is 0 Å². The second kappa shape index (κ2) is 7.36. The third kappa shape index (κ3) is 2.26. The zero-order chi connectivity index (χ0) is 19.8. The Bertz CT molecular complexity index is 590. The van der Waals surface area contributed by atoms with Crippen LogP contribution in [-0.4, -0.2) is 23.1 Å². The van der Waals surface area contributed by atoms with Gasteiger partial charge in [-0.3, -0.25) is 19.2 Å². The van der Waals surface area contributed by atoms with Crippen molar-refractivity contribution in [2.45, 2.75) is 92.4 Å². The van der Waals surface area contributed by atoms with E-state index in [1.54, 1.807) is 0 Å². The number of hydrogen-bond acceptors (Lipinski definition) is 4. The molecular formula is C22H34O4. The topological polar surface area (TPSA) is 68.3 Å². The van der Waals surface area contributed by atoms with E-state index in [0.717, 1.165) is 25.7 Å². The van der Waals surface area contributed by atoms with Gasteiger partial charge >= 0.3 is 0 Å². The van der Waals surface area contributed by atoms with E-state index >= 15 is 0 Å². The summed E-state index contributed by atoms with van der Waals surface area (Å²) in [7, 11) is 0. The lowest BCUT2D eigenvalue weighted by molar-refractivity contribution is -0.178. The lowest BCUT2D eigenvalue weighted by Gasteiger charge is -2.51. The molecule has 2 aliphatic rings. The van der Waals surface area contributed by atoms with E-state index in [4.69, 9.17) is 0 Å². The fraction of sp³-hybridized carbons (Fsp3) is 0.818. The van der Waals surface area contributed by atoms with E-state index in [-0.39, 0.29) is 23.1 Å². The highest BCUT2D eigenvalue weighted by atomic mass is 16.2. The van der Waals surface area contributed by atoms with Crippen LogP contribution in [0, 0.1) is 22.2 Å². The van der Waals surface area contributed by atoms with Crippen molar-refractivity contribution in [2.24, 2.45) is 22.2 Å². The minimum absolute atomic E-state index is 0.147. The Balaban J connectivity index is 2.50. The van der Waals surface area contributed by atoms with Crippen LogP contribution in [0.2, 0.25) is 0 Å². The Morgan fingerprint density at radius 1 is 0.654 bits per heavy atom. The zero-order valence-electron chi connectivity index (χ0n) is 17.1. The number of Topliss-reactive ketones (excluding diaryl/α,β-unsaturated/α-hetero) is 4. The summed E-state index contributed by atoms with van der Waals surface area (Å²) < 4.78 is 0. The Hall–Kier alpha value is -1.32. The summed E-state index contributed by atoms with van der Waals surface area (Å²) in [4.78, 5) is 53.5. The van der Waals surface area contributed by atoms with E-state index < -0.39 is 22.2 Å². The minimum Gasteiger partial charge on any atom is -0.298 e. The Kier molecular flexibility index (Phi) is 5.94. The summed E-state index contributed by atoms with van der Waals surface area (Å²) in [5.41, 5.74) is -3.86. The molecule has 2 aliphatic carbocycles. The molecule has 1 atom stereocenters. The smallest absolute Gasteiger partial charge is 0.168 e. The maximum Gasteiger partial charge on any atom is 0.168 e. The van der Waals surface area contributed by atoms with Gasteiger partial charge in [-0.1, -0.05) is 60.3 Å². The van der Waals surface area contributed by atoms with E-state index in [1.807, 2.05) is 27.7 Å². The quantitative estimate of drug-likeness (QED) is 0.448. The highest BCUT2D eigenvalue weighted by Gasteiger charge is 2.82. The largest absolute Gasteiger partial charge is 0.298 e. The average molecular weight is 363 g/mol. The number of unbranched alkanes of at least 4 members (excludes halogenated alkanes) is 3. The van der Waals surface area contributed by atoms with Gasteiger partial charge in [0.25, 0.3) is 0 Å². The molecule has 0 saturated heterocycles. The van der Waals surface area contributed by atoms with Gasteiger partial charge in [0, 0.05) is 5.92 Å². The second-order valence-electron chi connectivity index (χ2n) is 8.14. The van der Waals surface area contributed by atoms with Crippen LogP contribution in [0.5, 0.6) is 0 Å². The third-order valence-electron chi connectivity index (χ3n) is 7.45. The standard InChI is InChI=1S/C22H34O4/c1-6-11-12-13-14-15-16(23)20(7-2,8-3)17(24)22(15)18(25)21(9-4,10-5)19(22)26/h15H,6-14H2,1-5H3. The summed E-state index contributed by atoms with van der Waals surface area (Å²) in [5.74, 6) is -1.79. The molecule has 2 rings (SSSR count). The van der Waals surface area contributed by atoms with Crippen LogP contribution in [0.4, 0.5) is 0 Å². The Morgan fingerprint density at radius 3 is 1.54 bits per heavy atom. The second-order valence-corrected chi connectivity index (χ2v) is 8.14. The van der Waals surface area contributed by atoms with Gasteiger partial charge in [0.05, 0.1) is 10.8 Å². The van der Waals surface area contributed by atoms with Gasteiger partial charge in [-0.15, -0.1) is 0 Å². The van der Waals surface area contributed by atoms with Gasteiger partial charge < -0.3 is 0 Å². The van der Waals surface area contributed by atoms with Crippen LogP contribution < -0.4 is 0 Å². The predicted octanol–water partition coefficient (Wildman–Crippen LogP) is 4.48. The van der Waals surface area contributed by atoms with Crippen LogP contribution in [0.15, 0.2) is 0 Å². The Labute approximate surface area is 157 Å². The molecule has 26 heavy (non-hydrogen) atoms. The summed E-state index contributed by atoms with van der Waals surface area (Å²) in [5, 5.41) is 0. The molecule has 0 radical (unpaired) electrons. The summed E-state index contributed by atoms with van der Waals surface area (Å²) in [6.45, 7) is 9.42. The number of carbonyl (C=O) groups excluding carboxylic acids is 4. The van der Waals surface area contributed by atoms with Crippen molar-refractivity contribution >= 4 is 23.1 Å². The molecule has 4 heteroatoms. The van der Waals surface area contributed by atoms with Crippen LogP contribution in [-0.2, 0) is 19.2 Å². The molecule has 0 bridgehead atoms.